The molecular weight excluding hydrogens is 271 g/mol. The normalized spacial score (nSPS) is 24.0. The van der Waals surface area contributed by atoms with Gasteiger partial charge in [-0.25, -0.2) is 12.8 Å². The van der Waals surface area contributed by atoms with Crippen molar-refractivity contribution in [1.29, 1.82) is 0 Å². The zero-order valence-electron chi connectivity index (χ0n) is 10.8. The van der Waals surface area contributed by atoms with Crippen LogP contribution in [0.2, 0.25) is 0 Å². The summed E-state index contributed by atoms with van der Waals surface area (Å²) in [5.74, 6) is -0.559. The molecule has 2 N–H and O–H groups in total. The van der Waals surface area contributed by atoms with E-state index in [1.54, 1.807) is 0 Å². The summed E-state index contributed by atoms with van der Waals surface area (Å²) in [5.41, 5.74) is 5.52. The van der Waals surface area contributed by atoms with Crippen LogP contribution in [0.1, 0.15) is 13.3 Å². The van der Waals surface area contributed by atoms with Crippen LogP contribution in [-0.4, -0.2) is 38.5 Å². The van der Waals surface area contributed by atoms with Crippen molar-refractivity contribution in [1.82, 2.24) is 4.31 Å². The summed E-state index contributed by atoms with van der Waals surface area (Å²) in [6, 6.07) is 3.06. The Morgan fingerprint density at radius 3 is 2.68 bits per heavy atom. The molecule has 0 aliphatic carbocycles. The lowest BCUT2D eigenvalue weighted by atomic mass is 10.2. The average Bonchev–Trinajstić information content (AvgIpc) is 2.73. The summed E-state index contributed by atoms with van der Waals surface area (Å²) < 4.78 is 44.5. The molecule has 5 nitrogen and oxygen atoms in total. The first-order valence-electron chi connectivity index (χ1n) is 5.98. The maximum atomic E-state index is 13.0. The van der Waals surface area contributed by atoms with Gasteiger partial charge in [0.1, 0.15) is 10.7 Å². The topological polar surface area (TPSA) is 72.6 Å². The van der Waals surface area contributed by atoms with Crippen LogP contribution in [0.15, 0.2) is 23.1 Å². The molecule has 0 radical (unpaired) electrons. The molecule has 1 aromatic carbocycles. The molecule has 2 rings (SSSR count). The maximum absolute atomic E-state index is 13.0. The van der Waals surface area contributed by atoms with Gasteiger partial charge in [0.2, 0.25) is 10.0 Å². The zero-order valence-corrected chi connectivity index (χ0v) is 11.7. The second kappa shape index (κ2) is 5.07. The molecule has 1 saturated heterocycles. The lowest BCUT2D eigenvalue weighted by molar-refractivity contribution is 0.102. The summed E-state index contributed by atoms with van der Waals surface area (Å²) in [7, 11) is -2.25. The van der Waals surface area contributed by atoms with Crippen LogP contribution in [0.25, 0.3) is 0 Å². The number of sulfonamides is 1. The van der Waals surface area contributed by atoms with E-state index in [2.05, 4.69) is 0 Å². The monoisotopic (exact) mass is 288 g/mol. The van der Waals surface area contributed by atoms with Crippen molar-refractivity contribution in [3.63, 3.8) is 0 Å². The van der Waals surface area contributed by atoms with Crippen molar-refractivity contribution in [2.45, 2.75) is 30.4 Å². The van der Waals surface area contributed by atoms with Crippen LogP contribution in [0.3, 0.4) is 0 Å². The van der Waals surface area contributed by atoms with E-state index in [1.165, 1.54) is 17.4 Å². The van der Waals surface area contributed by atoms with Gasteiger partial charge >= 0.3 is 0 Å². The van der Waals surface area contributed by atoms with Crippen molar-refractivity contribution in [2.75, 3.05) is 19.4 Å². The van der Waals surface area contributed by atoms with Crippen LogP contribution < -0.4 is 5.73 Å². The van der Waals surface area contributed by atoms with Crippen molar-refractivity contribution < 1.29 is 17.5 Å². The van der Waals surface area contributed by atoms with Crippen molar-refractivity contribution >= 4 is 15.7 Å². The Labute approximate surface area is 112 Å². The quantitative estimate of drug-likeness (QED) is 0.848. The van der Waals surface area contributed by atoms with Gasteiger partial charge in [-0.1, -0.05) is 0 Å². The maximum Gasteiger partial charge on any atom is 0.245 e. The van der Waals surface area contributed by atoms with Gasteiger partial charge < -0.3 is 10.5 Å². The number of likely N-dealkylation sites (N-methyl/N-ethyl adjacent to an activating group) is 1. The molecule has 1 fully saturated rings. The third-order valence-electron chi connectivity index (χ3n) is 3.43. The lowest BCUT2D eigenvalue weighted by Crippen LogP contribution is -2.41. The second-order valence-corrected chi connectivity index (χ2v) is 6.60. The third-order valence-corrected chi connectivity index (χ3v) is 5.39. The Hall–Kier alpha value is -1.18. The number of rotatable bonds is 3. The molecule has 0 spiro atoms. The van der Waals surface area contributed by atoms with Crippen LogP contribution in [0, 0.1) is 5.82 Å². The minimum Gasteiger partial charge on any atom is -0.398 e. The van der Waals surface area contributed by atoms with E-state index in [-0.39, 0.29) is 22.7 Å². The van der Waals surface area contributed by atoms with Gasteiger partial charge in [0.25, 0.3) is 0 Å². The third kappa shape index (κ3) is 2.58. The number of hydrogen-bond acceptors (Lipinski definition) is 4. The predicted octanol–water partition coefficient (Wildman–Crippen LogP) is 1.21. The summed E-state index contributed by atoms with van der Waals surface area (Å²) >= 11 is 0. The van der Waals surface area contributed by atoms with Crippen LogP contribution in [0.4, 0.5) is 10.1 Å². The van der Waals surface area contributed by atoms with E-state index in [9.17, 15) is 12.8 Å². The van der Waals surface area contributed by atoms with Gasteiger partial charge in [-0.2, -0.15) is 4.31 Å². The summed E-state index contributed by atoms with van der Waals surface area (Å²) in [6.45, 7) is 2.36. The highest BCUT2D eigenvalue weighted by atomic mass is 32.2. The van der Waals surface area contributed by atoms with Gasteiger partial charge in [0, 0.05) is 13.7 Å². The first kappa shape index (κ1) is 14.2. The van der Waals surface area contributed by atoms with Crippen LogP contribution >= 0.6 is 0 Å². The number of halogens is 1. The minimum absolute atomic E-state index is 0.0736. The van der Waals surface area contributed by atoms with E-state index in [1.807, 2.05) is 6.92 Å². The summed E-state index contributed by atoms with van der Waals surface area (Å²) in [4.78, 5) is -0.0736. The molecule has 7 heteroatoms. The van der Waals surface area contributed by atoms with Gasteiger partial charge in [-0.05, 0) is 31.5 Å². The molecule has 1 aromatic rings. The van der Waals surface area contributed by atoms with Crippen molar-refractivity contribution in [2.24, 2.45) is 0 Å². The molecule has 1 aliphatic rings. The first-order chi connectivity index (χ1) is 8.84. The molecule has 2 atom stereocenters. The Morgan fingerprint density at radius 2 is 2.16 bits per heavy atom. The van der Waals surface area contributed by atoms with Crippen LogP contribution in [0.5, 0.6) is 0 Å². The van der Waals surface area contributed by atoms with E-state index >= 15 is 0 Å². The number of benzene rings is 1. The van der Waals surface area contributed by atoms with Crippen molar-refractivity contribution in [3.8, 4) is 0 Å². The zero-order chi connectivity index (χ0) is 14.2. The fourth-order valence-electron chi connectivity index (χ4n) is 2.29. The Morgan fingerprint density at radius 1 is 1.47 bits per heavy atom. The summed E-state index contributed by atoms with van der Waals surface area (Å²) in [6.07, 6.45) is 0.472. The number of nitrogens with zero attached hydrogens (tertiary/aromatic N) is 1. The molecule has 1 heterocycles. The SMILES string of the molecule is CC1OCCC1N(C)S(=O)(=O)c1ccc(F)cc1N. The van der Waals surface area contributed by atoms with Crippen LogP contribution in [-0.2, 0) is 14.8 Å². The second-order valence-electron chi connectivity index (χ2n) is 4.64. The predicted molar refractivity (Wildman–Crippen MR) is 69.6 cm³/mol. The largest absolute Gasteiger partial charge is 0.398 e. The van der Waals surface area contributed by atoms with E-state index in [4.69, 9.17) is 10.5 Å². The molecule has 19 heavy (non-hydrogen) atoms. The van der Waals surface area contributed by atoms with Gasteiger partial charge in [0.15, 0.2) is 0 Å². The van der Waals surface area contributed by atoms with Gasteiger partial charge in [-0.3, -0.25) is 0 Å². The summed E-state index contributed by atoms with van der Waals surface area (Å²) in [5, 5.41) is 0. The standard InChI is InChI=1S/C12H17FN2O3S/c1-8-11(5-6-18-8)15(2)19(16,17)12-4-3-9(13)7-10(12)14/h3-4,7-8,11H,5-6,14H2,1-2H3. The van der Waals surface area contributed by atoms with Gasteiger partial charge in [0.05, 0.1) is 17.8 Å². The highest BCUT2D eigenvalue weighted by molar-refractivity contribution is 7.89. The molecule has 0 aromatic heterocycles. The minimum atomic E-state index is -3.74. The number of nitrogen functional groups attached to an aromatic ring is 1. The molecular formula is C12H17FN2O3S. The Kier molecular flexibility index (Phi) is 3.80. The molecule has 2 unspecified atom stereocenters. The molecule has 0 saturated carbocycles. The number of ether oxygens (including phenoxy) is 1. The van der Waals surface area contributed by atoms with E-state index in [0.717, 1.165) is 12.1 Å². The smallest absolute Gasteiger partial charge is 0.245 e. The number of anilines is 1. The fourth-order valence-corrected chi connectivity index (χ4v) is 3.83. The molecule has 106 valence electrons. The van der Waals surface area contributed by atoms with E-state index in [0.29, 0.717) is 13.0 Å². The van der Waals surface area contributed by atoms with Crippen molar-refractivity contribution in [3.05, 3.63) is 24.0 Å². The molecule has 0 amide bonds. The fraction of sp³-hybridized carbons (Fsp3) is 0.500. The number of nitrogens with two attached hydrogens (primary N) is 1. The Balaban J connectivity index is 2.36. The lowest BCUT2D eigenvalue weighted by Gasteiger charge is -2.26. The molecule has 0 bridgehead atoms. The highest BCUT2D eigenvalue weighted by Crippen LogP contribution is 2.27. The molecule has 1 aliphatic heterocycles. The Bertz CT molecular complexity index is 576. The highest BCUT2D eigenvalue weighted by Gasteiger charge is 2.36. The van der Waals surface area contributed by atoms with E-state index < -0.39 is 15.8 Å². The first-order valence-corrected chi connectivity index (χ1v) is 7.42. The average molecular weight is 288 g/mol. The van der Waals surface area contributed by atoms with Gasteiger partial charge in [-0.15, -0.1) is 0 Å². The number of hydrogen-bond donors (Lipinski definition) is 1.